The average molecular weight is 348 g/mol. The van der Waals surface area contributed by atoms with Gasteiger partial charge >= 0.3 is 5.69 Å². The molecule has 3 rings (SSSR count). The summed E-state index contributed by atoms with van der Waals surface area (Å²) in [5, 5.41) is 13.8. The maximum Gasteiger partial charge on any atom is 0.350 e. The van der Waals surface area contributed by atoms with Crippen LogP contribution in [0.2, 0.25) is 5.02 Å². The van der Waals surface area contributed by atoms with Gasteiger partial charge in [0.25, 0.3) is 0 Å². The van der Waals surface area contributed by atoms with Crippen molar-refractivity contribution in [2.45, 2.75) is 10.9 Å². The molecule has 0 radical (unpaired) electrons. The van der Waals surface area contributed by atoms with Gasteiger partial charge in [-0.2, -0.15) is 14.9 Å². The number of methoxy groups -OCH3 is 1. The predicted molar refractivity (Wildman–Crippen MR) is 85.9 cm³/mol. The highest BCUT2D eigenvalue weighted by atomic mass is 35.5. The normalized spacial score (nSPS) is 10.7. The Morgan fingerprint density at radius 2 is 2.35 bits per heavy atom. The van der Waals surface area contributed by atoms with Crippen LogP contribution < -0.4 is 10.4 Å². The van der Waals surface area contributed by atoms with E-state index in [-0.39, 0.29) is 11.2 Å². The monoisotopic (exact) mass is 347 g/mol. The molecule has 0 spiro atoms. The molecule has 0 aliphatic carbocycles. The number of rotatable bonds is 4. The van der Waals surface area contributed by atoms with Crippen molar-refractivity contribution < 1.29 is 4.74 Å². The standard InChI is InChI=1S/C14H10ClN5O2S/c1-22-11-4-10(15)3-2-8(11)7-23-13-18-12-9(5-16)6-17-20(12)14(21)19-13/h2-4,6H,7H2,1H3,(H,18,19,21). The van der Waals surface area contributed by atoms with Crippen LogP contribution in [0.3, 0.4) is 0 Å². The van der Waals surface area contributed by atoms with Crippen LogP contribution in [-0.2, 0) is 5.75 Å². The second-order valence-electron chi connectivity index (χ2n) is 4.50. The highest BCUT2D eigenvalue weighted by molar-refractivity contribution is 7.98. The Balaban J connectivity index is 1.91. The quantitative estimate of drug-likeness (QED) is 0.727. The number of thioether (sulfide) groups is 1. The third-order valence-corrected chi connectivity index (χ3v) is 4.25. The number of nitriles is 1. The zero-order valence-corrected chi connectivity index (χ0v) is 13.5. The molecule has 23 heavy (non-hydrogen) atoms. The van der Waals surface area contributed by atoms with E-state index < -0.39 is 5.69 Å². The molecule has 7 nitrogen and oxygen atoms in total. The first-order valence-corrected chi connectivity index (χ1v) is 7.82. The van der Waals surface area contributed by atoms with Gasteiger partial charge in [0.2, 0.25) is 0 Å². The van der Waals surface area contributed by atoms with E-state index in [4.69, 9.17) is 21.6 Å². The van der Waals surface area contributed by atoms with Gasteiger partial charge in [0.05, 0.1) is 13.3 Å². The van der Waals surface area contributed by atoms with Crippen molar-refractivity contribution in [1.29, 1.82) is 5.26 Å². The Morgan fingerprint density at radius 1 is 1.52 bits per heavy atom. The van der Waals surface area contributed by atoms with E-state index in [2.05, 4.69) is 15.1 Å². The molecule has 0 unspecified atom stereocenters. The number of aromatic nitrogens is 4. The molecule has 2 aromatic heterocycles. The molecule has 0 amide bonds. The van der Waals surface area contributed by atoms with Crippen molar-refractivity contribution in [2.75, 3.05) is 7.11 Å². The minimum absolute atomic E-state index is 0.238. The van der Waals surface area contributed by atoms with E-state index in [1.165, 1.54) is 18.0 Å². The lowest BCUT2D eigenvalue weighted by Gasteiger charge is -2.08. The number of halogens is 1. The fourth-order valence-corrected chi connectivity index (χ4v) is 3.00. The SMILES string of the molecule is COc1cc(Cl)ccc1CSc1nc2c(C#N)cnn2c(=O)[nH]1. The Hall–Kier alpha value is -2.50. The summed E-state index contributed by atoms with van der Waals surface area (Å²) in [6.07, 6.45) is 1.31. The number of H-pyrrole nitrogens is 1. The van der Waals surface area contributed by atoms with Gasteiger partial charge in [-0.15, -0.1) is 0 Å². The fourth-order valence-electron chi connectivity index (χ4n) is 2.00. The van der Waals surface area contributed by atoms with Gasteiger partial charge < -0.3 is 4.74 Å². The van der Waals surface area contributed by atoms with Crippen LogP contribution in [0.25, 0.3) is 5.65 Å². The summed E-state index contributed by atoms with van der Waals surface area (Å²) in [7, 11) is 1.57. The number of nitrogens with one attached hydrogen (secondary N) is 1. The van der Waals surface area contributed by atoms with E-state index in [9.17, 15) is 4.79 Å². The van der Waals surface area contributed by atoms with Gasteiger partial charge in [-0.1, -0.05) is 29.4 Å². The average Bonchev–Trinajstić information content (AvgIpc) is 2.97. The third-order valence-electron chi connectivity index (χ3n) is 3.09. The Morgan fingerprint density at radius 3 is 3.09 bits per heavy atom. The molecule has 0 atom stereocenters. The molecule has 0 bridgehead atoms. The molecule has 0 saturated carbocycles. The molecule has 0 aliphatic rings. The van der Waals surface area contributed by atoms with E-state index in [0.29, 0.717) is 21.7 Å². The van der Waals surface area contributed by atoms with E-state index in [1.807, 2.05) is 12.1 Å². The van der Waals surface area contributed by atoms with Gasteiger partial charge in [0.1, 0.15) is 17.4 Å². The van der Waals surface area contributed by atoms with Crippen LogP contribution in [0.4, 0.5) is 0 Å². The summed E-state index contributed by atoms with van der Waals surface area (Å²) < 4.78 is 6.35. The Bertz CT molecular complexity index is 975. The zero-order valence-electron chi connectivity index (χ0n) is 11.9. The highest BCUT2D eigenvalue weighted by Gasteiger charge is 2.11. The smallest absolute Gasteiger partial charge is 0.350 e. The van der Waals surface area contributed by atoms with Gasteiger partial charge in [-0.05, 0) is 12.1 Å². The van der Waals surface area contributed by atoms with Gasteiger partial charge in [0.15, 0.2) is 10.8 Å². The number of ether oxygens (including phenoxy) is 1. The van der Waals surface area contributed by atoms with Crippen LogP contribution in [0.1, 0.15) is 11.1 Å². The van der Waals surface area contributed by atoms with E-state index >= 15 is 0 Å². The molecule has 9 heteroatoms. The second-order valence-corrected chi connectivity index (χ2v) is 5.90. The lowest BCUT2D eigenvalue weighted by molar-refractivity contribution is 0.411. The molecular formula is C14H10ClN5O2S. The summed E-state index contributed by atoms with van der Waals surface area (Å²) in [4.78, 5) is 18.8. The topological polar surface area (TPSA) is 96.1 Å². The van der Waals surface area contributed by atoms with Gasteiger partial charge in [0, 0.05) is 16.3 Å². The molecule has 116 valence electrons. The Labute approximate surface area is 139 Å². The van der Waals surface area contributed by atoms with Crippen LogP contribution in [0.5, 0.6) is 5.75 Å². The second kappa shape index (κ2) is 6.32. The van der Waals surface area contributed by atoms with Gasteiger partial charge in [-0.25, -0.2) is 9.78 Å². The summed E-state index contributed by atoms with van der Waals surface area (Å²) in [5.74, 6) is 1.19. The largest absolute Gasteiger partial charge is 0.496 e. The number of hydrogen-bond acceptors (Lipinski definition) is 6. The van der Waals surface area contributed by atoms with Crippen LogP contribution in [0, 0.1) is 11.3 Å². The number of hydrogen-bond donors (Lipinski definition) is 1. The molecule has 0 fully saturated rings. The van der Waals surface area contributed by atoms with Crippen LogP contribution >= 0.6 is 23.4 Å². The Kier molecular flexibility index (Phi) is 4.23. The first-order chi connectivity index (χ1) is 11.1. The van der Waals surface area contributed by atoms with Crippen molar-refractivity contribution in [3.63, 3.8) is 0 Å². The summed E-state index contributed by atoms with van der Waals surface area (Å²) in [5.41, 5.74) is 0.962. The van der Waals surface area contributed by atoms with Crippen molar-refractivity contribution in [3.8, 4) is 11.8 Å². The molecular weight excluding hydrogens is 338 g/mol. The lowest BCUT2D eigenvalue weighted by Crippen LogP contribution is -2.19. The first-order valence-electron chi connectivity index (χ1n) is 6.45. The summed E-state index contributed by atoms with van der Waals surface area (Å²) in [6.45, 7) is 0. The number of nitrogens with zero attached hydrogens (tertiary/aromatic N) is 4. The predicted octanol–water partition coefficient (Wildman–Crippen LogP) is 2.24. The minimum atomic E-state index is -0.443. The van der Waals surface area contributed by atoms with E-state index in [1.54, 1.807) is 19.2 Å². The van der Waals surface area contributed by atoms with E-state index in [0.717, 1.165) is 10.1 Å². The maximum absolute atomic E-state index is 11.9. The zero-order chi connectivity index (χ0) is 16.4. The maximum atomic E-state index is 11.9. The van der Waals surface area contributed by atoms with Crippen molar-refractivity contribution in [3.05, 3.63) is 51.0 Å². The van der Waals surface area contributed by atoms with Crippen LogP contribution in [-0.4, -0.2) is 26.7 Å². The van der Waals surface area contributed by atoms with Crippen LogP contribution in [0.15, 0.2) is 34.3 Å². The van der Waals surface area contributed by atoms with Crippen molar-refractivity contribution in [2.24, 2.45) is 0 Å². The molecule has 3 aromatic rings. The van der Waals surface area contributed by atoms with Crippen molar-refractivity contribution >= 4 is 29.0 Å². The van der Waals surface area contributed by atoms with Crippen molar-refractivity contribution in [1.82, 2.24) is 19.6 Å². The molecule has 0 aliphatic heterocycles. The number of aromatic amines is 1. The van der Waals surface area contributed by atoms with Gasteiger partial charge in [-0.3, -0.25) is 4.98 Å². The lowest BCUT2D eigenvalue weighted by atomic mass is 10.2. The fraction of sp³-hybridized carbons (Fsp3) is 0.143. The minimum Gasteiger partial charge on any atom is -0.496 e. The molecule has 2 heterocycles. The highest BCUT2D eigenvalue weighted by Crippen LogP contribution is 2.28. The third kappa shape index (κ3) is 3.02. The first kappa shape index (κ1) is 15.4. The summed E-state index contributed by atoms with van der Waals surface area (Å²) in [6, 6.07) is 7.30. The molecule has 1 N–H and O–H groups in total. The molecule has 0 saturated heterocycles. The number of benzene rings is 1. The summed E-state index contributed by atoms with van der Waals surface area (Å²) >= 11 is 7.25. The number of fused-ring (bicyclic) bond motifs is 1. The molecule has 1 aromatic carbocycles.